The second-order valence-electron chi connectivity index (χ2n) is 3.66. The largest absolute Gasteiger partial charge is 0.497 e. The quantitative estimate of drug-likeness (QED) is 0.818. The summed E-state index contributed by atoms with van der Waals surface area (Å²) in [6.45, 7) is 2.68. The summed E-state index contributed by atoms with van der Waals surface area (Å²) in [5.74, 6) is 0.762. The van der Waals surface area contributed by atoms with Crippen LogP contribution in [0.15, 0.2) is 23.6 Å². The van der Waals surface area contributed by atoms with E-state index in [0.717, 1.165) is 22.1 Å². The van der Waals surface area contributed by atoms with Gasteiger partial charge in [-0.15, -0.1) is 11.3 Å². The summed E-state index contributed by atoms with van der Waals surface area (Å²) in [7, 11) is 1.62. The molecule has 0 amide bonds. The average molecular weight is 249 g/mol. The van der Waals surface area contributed by atoms with E-state index in [0.29, 0.717) is 12.2 Å². The molecule has 90 valence electrons. The molecule has 0 unspecified atom stereocenters. The van der Waals surface area contributed by atoms with Gasteiger partial charge in [-0.25, -0.2) is 4.98 Å². The zero-order valence-corrected chi connectivity index (χ0v) is 10.7. The van der Waals surface area contributed by atoms with Crippen molar-refractivity contribution >= 4 is 22.7 Å². The summed E-state index contributed by atoms with van der Waals surface area (Å²) in [5.41, 5.74) is 8.51. The summed E-state index contributed by atoms with van der Waals surface area (Å²) >= 11 is 1.65. The third-order valence-electron chi connectivity index (χ3n) is 2.39. The normalized spacial score (nSPS) is 10.2. The Balaban J connectivity index is 2.04. The second kappa shape index (κ2) is 5.05. The van der Waals surface area contributed by atoms with Crippen molar-refractivity contribution in [2.45, 2.75) is 13.5 Å². The van der Waals surface area contributed by atoms with Crippen LogP contribution in [0, 0.1) is 6.92 Å². The molecule has 0 saturated heterocycles. The van der Waals surface area contributed by atoms with Gasteiger partial charge in [-0.1, -0.05) is 0 Å². The maximum atomic E-state index is 5.91. The van der Waals surface area contributed by atoms with Gasteiger partial charge in [-0.3, -0.25) is 0 Å². The molecule has 0 saturated carbocycles. The lowest BCUT2D eigenvalue weighted by Gasteiger charge is -2.09. The predicted molar refractivity (Wildman–Crippen MR) is 71.6 cm³/mol. The van der Waals surface area contributed by atoms with Gasteiger partial charge in [0.2, 0.25) is 0 Å². The fourth-order valence-electron chi connectivity index (χ4n) is 1.50. The van der Waals surface area contributed by atoms with Gasteiger partial charge in [0.05, 0.1) is 35.7 Å². The van der Waals surface area contributed by atoms with E-state index in [1.807, 2.05) is 24.4 Å². The van der Waals surface area contributed by atoms with Crippen molar-refractivity contribution in [1.29, 1.82) is 0 Å². The first-order chi connectivity index (χ1) is 8.19. The maximum Gasteiger partial charge on any atom is 0.121 e. The predicted octanol–water partition coefficient (Wildman–Crippen LogP) is 2.65. The van der Waals surface area contributed by atoms with Crippen LogP contribution in [-0.2, 0) is 6.54 Å². The third kappa shape index (κ3) is 2.88. The van der Waals surface area contributed by atoms with Crippen LogP contribution < -0.4 is 15.8 Å². The first kappa shape index (κ1) is 11.7. The van der Waals surface area contributed by atoms with Gasteiger partial charge in [0.25, 0.3) is 0 Å². The Kier molecular flexibility index (Phi) is 3.49. The van der Waals surface area contributed by atoms with Crippen LogP contribution in [0.4, 0.5) is 11.4 Å². The Morgan fingerprint density at radius 3 is 2.88 bits per heavy atom. The summed E-state index contributed by atoms with van der Waals surface area (Å²) in [5, 5.41) is 6.37. The molecule has 17 heavy (non-hydrogen) atoms. The zero-order valence-electron chi connectivity index (χ0n) is 9.86. The van der Waals surface area contributed by atoms with Crippen LogP contribution in [-0.4, -0.2) is 12.1 Å². The number of nitrogens with one attached hydrogen (secondary N) is 1. The number of methoxy groups -OCH3 is 1. The molecule has 3 N–H and O–H groups in total. The molecule has 1 heterocycles. The summed E-state index contributed by atoms with van der Waals surface area (Å²) < 4.78 is 5.10. The fourth-order valence-corrected chi connectivity index (χ4v) is 2.12. The maximum absolute atomic E-state index is 5.91. The Bertz CT molecular complexity index is 510. The number of aryl methyl sites for hydroxylation is 1. The molecule has 0 aliphatic rings. The summed E-state index contributed by atoms with van der Waals surface area (Å²) in [6.07, 6.45) is 0. The molecular formula is C12H15N3OS. The molecule has 0 fully saturated rings. The van der Waals surface area contributed by atoms with Gasteiger partial charge in [0, 0.05) is 11.4 Å². The number of aromatic nitrogens is 1. The number of nitrogens with two attached hydrogens (primary N) is 1. The standard InChI is InChI=1S/C12H15N3OS/c1-8-15-9(7-17-8)6-14-12-4-3-10(16-2)5-11(12)13/h3-5,7,14H,6,13H2,1-2H3. The highest BCUT2D eigenvalue weighted by Crippen LogP contribution is 2.24. The molecular weight excluding hydrogens is 234 g/mol. The molecule has 0 aliphatic heterocycles. The van der Waals surface area contributed by atoms with Gasteiger partial charge in [-0.2, -0.15) is 0 Å². The number of benzene rings is 1. The lowest BCUT2D eigenvalue weighted by molar-refractivity contribution is 0.415. The Morgan fingerprint density at radius 1 is 1.47 bits per heavy atom. The van der Waals surface area contributed by atoms with Gasteiger partial charge in [0.15, 0.2) is 0 Å². The monoisotopic (exact) mass is 249 g/mol. The topological polar surface area (TPSA) is 60.2 Å². The van der Waals surface area contributed by atoms with Crippen molar-refractivity contribution in [3.8, 4) is 5.75 Å². The molecule has 0 aliphatic carbocycles. The van der Waals surface area contributed by atoms with Crippen LogP contribution >= 0.6 is 11.3 Å². The number of rotatable bonds is 4. The van der Waals surface area contributed by atoms with Crippen LogP contribution in [0.25, 0.3) is 0 Å². The first-order valence-electron chi connectivity index (χ1n) is 5.27. The molecule has 2 aromatic rings. The number of ether oxygens (including phenoxy) is 1. The lowest BCUT2D eigenvalue weighted by Crippen LogP contribution is -2.03. The lowest BCUT2D eigenvalue weighted by atomic mass is 10.2. The zero-order chi connectivity index (χ0) is 12.3. The number of hydrogen-bond donors (Lipinski definition) is 2. The van der Waals surface area contributed by atoms with E-state index in [4.69, 9.17) is 10.5 Å². The summed E-state index contributed by atoms with van der Waals surface area (Å²) in [6, 6.07) is 5.59. The van der Waals surface area contributed by atoms with E-state index in [9.17, 15) is 0 Å². The molecule has 2 rings (SSSR count). The van der Waals surface area contributed by atoms with E-state index in [1.54, 1.807) is 24.5 Å². The molecule has 0 atom stereocenters. The minimum absolute atomic E-state index is 0.677. The molecule has 1 aromatic carbocycles. The number of anilines is 2. The van der Waals surface area contributed by atoms with E-state index >= 15 is 0 Å². The van der Waals surface area contributed by atoms with Crippen molar-refractivity contribution in [3.05, 3.63) is 34.3 Å². The van der Waals surface area contributed by atoms with Crippen molar-refractivity contribution in [1.82, 2.24) is 4.98 Å². The molecule has 5 heteroatoms. The Labute approximate surface area is 104 Å². The van der Waals surface area contributed by atoms with Gasteiger partial charge in [-0.05, 0) is 19.1 Å². The van der Waals surface area contributed by atoms with E-state index < -0.39 is 0 Å². The minimum atomic E-state index is 0.677. The van der Waals surface area contributed by atoms with Crippen LogP contribution in [0.5, 0.6) is 5.75 Å². The van der Waals surface area contributed by atoms with Crippen molar-refractivity contribution in [2.75, 3.05) is 18.2 Å². The second-order valence-corrected chi connectivity index (χ2v) is 4.73. The van der Waals surface area contributed by atoms with E-state index in [2.05, 4.69) is 10.3 Å². The van der Waals surface area contributed by atoms with Crippen molar-refractivity contribution in [2.24, 2.45) is 0 Å². The van der Waals surface area contributed by atoms with Crippen molar-refractivity contribution < 1.29 is 4.74 Å². The Morgan fingerprint density at radius 2 is 2.29 bits per heavy atom. The molecule has 0 radical (unpaired) electrons. The molecule has 0 spiro atoms. The molecule has 0 bridgehead atoms. The number of nitrogens with zero attached hydrogens (tertiary/aromatic N) is 1. The highest BCUT2D eigenvalue weighted by Gasteiger charge is 2.02. The highest BCUT2D eigenvalue weighted by molar-refractivity contribution is 7.09. The van der Waals surface area contributed by atoms with Crippen LogP contribution in [0.3, 0.4) is 0 Å². The molecule has 1 aromatic heterocycles. The Hall–Kier alpha value is -1.75. The number of hydrogen-bond acceptors (Lipinski definition) is 5. The average Bonchev–Trinajstić information content (AvgIpc) is 2.73. The minimum Gasteiger partial charge on any atom is -0.497 e. The fraction of sp³-hybridized carbons (Fsp3) is 0.250. The SMILES string of the molecule is COc1ccc(NCc2csc(C)n2)c(N)c1. The van der Waals surface area contributed by atoms with Gasteiger partial charge in [0.1, 0.15) is 5.75 Å². The smallest absolute Gasteiger partial charge is 0.121 e. The third-order valence-corrected chi connectivity index (χ3v) is 3.21. The van der Waals surface area contributed by atoms with Crippen molar-refractivity contribution in [3.63, 3.8) is 0 Å². The van der Waals surface area contributed by atoms with E-state index in [1.165, 1.54) is 0 Å². The molecule has 4 nitrogen and oxygen atoms in total. The summed E-state index contributed by atoms with van der Waals surface area (Å²) in [4.78, 5) is 4.38. The van der Waals surface area contributed by atoms with Gasteiger partial charge < -0.3 is 15.8 Å². The van der Waals surface area contributed by atoms with E-state index in [-0.39, 0.29) is 0 Å². The first-order valence-corrected chi connectivity index (χ1v) is 6.15. The van der Waals surface area contributed by atoms with Gasteiger partial charge >= 0.3 is 0 Å². The highest BCUT2D eigenvalue weighted by atomic mass is 32.1. The number of thiazole rings is 1. The number of nitrogen functional groups attached to an aromatic ring is 1. The van der Waals surface area contributed by atoms with Crippen LogP contribution in [0.1, 0.15) is 10.7 Å². The van der Waals surface area contributed by atoms with Crippen LogP contribution in [0.2, 0.25) is 0 Å².